The number of hydrogen-bond acceptors (Lipinski definition) is 5. The monoisotopic (exact) mass is 342 g/mol. The van der Waals surface area contributed by atoms with Gasteiger partial charge in [0.1, 0.15) is 0 Å². The average Bonchev–Trinajstić information content (AvgIpc) is 2.58. The lowest BCUT2D eigenvalue weighted by molar-refractivity contribution is -0.384. The molecule has 1 heterocycles. The van der Waals surface area contributed by atoms with Crippen LogP contribution in [0.2, 0.25) is 0 Å². The molecule has 0 saturated heterocycles. The summed E-state index contributed by atoms with van der Waals surface area (Å²) in [4.78, 5) is 31.4. The first-order valence-electron chi connectivity index (χ1n) is 7.97. The van der Waals surface area contributed by atoms with Crippen LogP contribution in [0.4, 0.5) is 5.69 Å². The first kappa shape index (κ1) is 18.5. The molecule has 7 heteroatoms. The van der Waals surface area contributed by atoms with Crippen LogP contribution in [0, 0.1) is 17.0 Å². The van der Waals surface area contributed by atoms with E-state index in [4.69, 9.17) is 0 Å². The van der Waals surface area contributed by atoms with E-state index < -0.39 is 4.92 Å². The van der Waals surface area contributed by atoms with Crippen LogP contribution in [0.1, 0.15) is 21.6 Å². The van der Waals surface area contributed by atoms with E-state index in [0.717, 1.165) is 5.69 Å². The largest absolute Gasteiger partial charge is 0.331 e. The van der Waals surface area contributed by atoms with Gasteiger partial charge in [0.05, 0.1) is 17.2 Å². The fourth-order valence-corrected chi connectivity index (χ4v) is 2.43. The molecule has 0 spiro atoms. The quantitative estimate of drug-likeness (QED) is 0.570. The summed E-state index contributed by atoms with van der Waals surface area (Å²) in [6.07, 6.45) is 1.70. The molecule has 132 valence electrons. The zero-order valence-electron chi connectivity index (χ0n) is 14.7. The Balaban J connectivity index is 2.26. The highest BCUT2D eigenvalue weighted by atomic mass is 16.6. The van der Waals surface area contributed by atoms with Crippen LogP contribution < -0.4 is 0 Å². The maximum absolute atomic E-state index is 13.0. The molecule has 1 aromatic carbocycles. The Labute approximate surface area is 147 Å². The SMILES string of the molecule is Cc1cc([N+](=O)[O-])ccc1C(=O)N(CCN(C)C)Cc1ccccn1. The van der Waals surface area contributed by atoms with Crippen LogP contribution in [0.25, 0.3) is 0 Å². The van der Waals surface area contributed by atoms with Crippen molar-refractivity contribution < 1.29 is 9.72 Å². The molecule has 2 rings (SSSR count). The van der Waals surface area contributed by atoms with E-state index in [1.54, 1.807) is 18.0 Å². The summed E-state index contributed by atoms with van der Waals surface area (Å²) in [6.45, 7) is 3.36. The van der Waals surface area contributed by atoms with Gasteiger partial charge >= 0.3 is 0 Å². The minimum absolute atomic E-state index is 0.0152. The summed E-state index contributed by atoms with van der Waals surface area (Å²) in [6, 6.07) is 9.91. The van der Waals surface area contributed by atoms with E-state index in [0.29, 0.717) is 30.8 Å². The number of nitrogens with zero attached hydrogens (tertiary/aromatic N) is 4. The minimum Gasteiger partial charge on any atom is -0.331 e. The van der Waals surface area contributed by atoms with E-state index in [-0.39, 0.29) is 11.6 Å². The van der Waals surface area contributed by atoms with Crippen molar-refractivity contribution in [3.05, 3.63) is 69.5 Å². The molecule has 0 unspecified atom stereocenters. The number of aryl methyl sites for hydroxylation is 1. The van der Waals surface area contributed by atoms with Crippen LogP contribution in [-0.2, 0) is 6.54 Å². The number of likely N-dealkylation sites (N-methyl/N-ethyl adjacent to an activating group) is 1. The van der Waals surface area contributed by atoms with Gasteiger partial charge in [-0.05, 0) is 44.8 Å². The molecule has 0 N–H and O–H groups in total. The Morgan fingerprint density at radius 1 is 1.20 bits per heavy atom. The Hall–Kier alpha value is -2.80. The lowest BCUT2D eigenvalue weighted by atomic mass is 10.1. The molecule has 25 heavy (non-hydrogen) atoms. The van der Waals surface area contributed by atoms with Crippen molar-refractivity contribution in [2.75, 3.05) is 27.2 Å². The second kappa shape index (κ2) is 8.34. The van der Waals surface area contributed by atoms with Crippen molar-refractivity contribution in [3.8, 4) is 0 Å². The number of pyridine rings is 1. The summed E-state index contributed by atoms with van der Waals surface area (Å²) >= 11 is 0. The minimum atomic E-state index is -0.459. The molecule has 1 amide bonds. The van der Waals surface area contributed by atoms with Gasteiger partial charge in [0.25, 0.3) is 11.6 Å². The molecule has 0 fully saturated rings. The van der Waals surface area contributed by atoms with Crippen LogP contribution in [0.5, 0.6) is 0 Å². The molecule has 0 saturated carbocycles. The summed E-state index contributed by atoms with van der Waals surface area (Å²) in [5, 5.41) is 10.9. The number of nitro benzene ring substituents is 1. The summed E-state index contributed by atoms with van der Waals surface area (Å²) in [7, 11) is 3.89. The van der Waals surface area contributed by atoms with E-state index in [1.165, 1.54) is 18.2 Å². The third-order valence-electron chi connectivity index (χ3n) is 3.83. The zero-order chi connectivity index (χ0) is 18.4. The number of non-ortho nitro benzene ring substituents is 1. The third kappa shape index (κ3) is 5.09. The number of rotatable bonds is 7. The summed E-state index contributed by atoms with van der Waals surface area (Å²) in [5.74, 6) is -0.153. The molecular formula is C18H22N4O3. The number of carbonyl (C=O) groups excluding carboxylic acids is 1. The van der Waals surface area contributed by atoms with Crippen LogP contribution in [0.15, 0.2) is 42.6 Å². The summed E-state index contributed by atoms with van der Waals surface area (Å²) in [5.41, 5.74) is 1.85. The van der Waals surface area contributed by atoms with Gasteiger partial charge in [-0.1, -0.05) is 6.07 Å². The molecule has 0 aliphatic heterocycles. The van der Waals surface area contributed by atoms with Crippen molar-refractivity contribution >= 4 is 11.6 Å². The number of carbonyl (C=O) groups is 1. The van der Waals surface area contributed by atoms with Crippen molar-refractivity contribution in [2.24, 2.45) is 0 Å². The normalized spacial score (nSPS) is 10.7. The number of nitro groups is 1. The van der Waals surface area contributed by atoms with Crippen molar-refractivity contribution in [1.29, 1.82) is 0 Å². The standard InChI is InChI=1S/C18H22N4O3/c1-14-12-16(22(24)25)7-8-17(14)18(23)21(11-10-20(2)3)13-15-6-4-5-9-19-15/h4-9,12H,10-11,13H2,1-3H3. The Kier molecular flexibility index (Phi) is 6.19. The highest BCUT2D eigenvalue weighted by molar-refractivity contribution is 5.95. The maximum Gasteiger partial charge on any atom is 0.269 e. The first-order chi connectivity index (χ1) is 11.9. The summed E-state index contributed by atoms with van der Waals surface area (Å²) < 4.78 is 0. The average molecular weight is 342 g/mol. The number of amides is 1. The highest BCUT2D eigenvalue weighted by Crippen LogP contribution is 2.19. The predicted molar refractivity (Wildman–Crippen MR) is 95.4 cm³/mol. The second-order valence-corrected chi connectivity index (χ2v) is 6.11. The smallest absolute Gasteiger partial charge is 0.269 e. The Bertz CT molecular complexity index is 747. The van der Waals surface area contributed by atoms with Gasteiger partial charge in [-0.2, -0.15) is 0 Å². The van der Waals surface area contributed by atoms with Crippen molar-refractivity contribution in [2.45, 2.75) is 13.5 Å². The molecule has 2 aromatic rings. The number of hydrogen-bond donors (Lipinski definition) is 0. The first-order valence-corrected chi connectivity index (χ1v) is 7.97. The maximum atomic E-state index is 13.0. The van der Waals surface area contributed by atoms with Crippen LogP contribution >= 0.6 is 0 Å². The van der Waals surface area contributed by atoms with Gasteiger partial charge in [0, 0.05) is 37.0 Å². The fraction of sp³-hybridized carbons (Fsp3) is 0.333. The fourth-order valence-electron chi connectivity index (χ4n) is 2.43. The molecule has 0 radical (unpaired) electrons. The lowest BCUT2D eigenvalue weighted by Crippen LogP contribution is -2.36. The molecule has 7 nitrogen and oxygen atoms in total. The molecule has 0 aliphatic rings. The predicted octanol–water partition coefficient (Wildman–Crippen LogP) is 2.50. The van der Waals surface area contributed by atoms with Gasteiger partial charge in [-0.3, -0.25) is 19.9 Å². The molecule has 0 atom stereocenters. The van der Waals surface area contributed by atoms with Gasteiger partial charge in [0.2, 0.25) is 0 Å². The van der Waals surface area contributed by atoms with Gasteiger partial charge in [-0.15, -0.1) is 0 Å². The molecular weight excluding hydrogens is 320 g/mol. The third-order valence-corrected chi connectivity index (χ3v) is 3.83. The lowest BCUT2D eigenvalue weighted by Gasteiger charge is -2.25. The van der Waals surface area contributed by atoms with Crippen LogP contribution in [-0.4, -0.2) is 52.8 Å². The number of benzene rings is 1. The van der Waals surface area contributed by atoms with Crippen molar-refractivity contribution in [3.63, 3.8) is 0 Å². The second-order valence-electron chi connectivity index (χ2n) is 6.11. The van der Waals surface area contributed by atoms with E-state index in [2.05, 4.69) is 4.98 Å². The van der Waals surface area contributed by atoms with Crippen molar-refractivity contribution in [1.82, 2.24) is 14.8 Å². The van der Waals surface area contributed by atoms with Gasteiger partial charge in [0.15, 0.2) is 0 Å². The molecule has 0 bridgehead atoms. The molecule has 0 aliphatic carbocycles. The zero-order valence-corrected chi connectivity index (χ0v) is 14.7. The topological polar surface area (TPSA) is 79.6 Å². The number of aromatic nitrogens is 1. The highest BCUT2D eigenvalue weighted by Gasteiger charge is 2.20. The van der Waals surface area contributed by atoms with E-state index in [1.807, 2.05) is 37.2 Å². The van der Waals surface area contributed by atoms with E-state index >= 15 is 0 Å². The van der Waals surface area contributed by atoms with Gasteiger partial charge in [-0.25, -0.2) is 0 Å². The Morgan fingerprint density at radius 3 is 2.52 bits per heavy atom. The molecule has 1 aromatic heterocycles. The van der Waals surface area contributed by atoms with Gasteiger partial charge < -0.3 is 9.80 Å². The Morgan fingerprint density at radius 2 is 1.96 bits per heavy atom. The van der Waals surface area contributed by atoms with E-state index in [9.17, 15) is 14.9 Å². The van der Waals surface area contributed by atoms with Crippen LogP contribution in [0.3, 0.4) is 0 Å².